The van der Waals surface area contributed by atoms with Gasteiger partial charge in [0.05, 0.1) is 0 Å². The van der Waals surface area contributed by atoms with E-state index in [1.54, 1.807) is 0 Å². The van der Waals surface area contributed by atoms with Crippen molar-refractivity contribution in [3.63, 3.8) is 0 Å². The molecule has 0 saturated carbocycles. The van der Waals surface area contributed by atoms with Gasteiger partial charge in [0.25, 0.3) is 0 Å². The summed E-state index contributed by atoms with van der Waals surface area (Å²) in [5.41, 5.74) is 5.26. The molecule has 1 aliphatic carbocycles. The number of hydrogen-bond acceptors (Lipinski definition) is 0. The van der Waals surface area contributed by atoms with E-state index < -0.39 is 0 Å². The molecule has 2 rings (SSSR count). The average Bonchev–Trinajstić information content (AvgIpc) is 2.51. The largest absolute Gasteiger partial charge is 0.0946 e. The third-order valence-corrected chi connectivity index (χ3v) is 3.04. The Hall–Kier alpha value is -1.56. The van der Waals surface area contributed by atoms with Gasteiger partial charge >= 0.3 is 0 Å². The van der Waals surface area contributed by atoms with Crippen molar-refractivity contribution in [3.8, 4) is 0 Å². The summed E-state index contributed by atoms with van der Waals surface area (Å²) in [5.74, 6) is 0.456. The Labute approximate surface area is 91.6 Å². The molecule has 1 aliphatic rings. The predicted molar refractivity (Wildman–Crippen MR) is 66.8 cm³/mol. The lowest BCUT2D eigenvalue weighted by molar-refractivity contribution is 0.963. The van der Waals surface area contributed by atoms with E-state index in [4.69, 9.17) is 0 Å². The van der Waals surface area contributed by atoms with Crippen molar-refractivity contribution in [1.29, 1.82) is 0 Å². The molecule has 1 aromatic rings. The fraction of sp³-hybridized carbons (Fsp3) is 0.200. The maximum absolute atomic E-state index is 4.18. The minimum absolute atomic E-state index is 0.456. The molecule has 0 bridgehead atoms. The monoisotopic (exact) mass is 196 g/mol. The van der Waals surface area contributed by atoms with Gasteiger partial charge in [-0.3, -0.25) is 0 Å². The Morgan fingerprint density at radius 3 is 2.73 bits per heavy atom. The maximum atomic E-state index is 4.18. The lowest BCUT2D eigenvalue weighted by Gasteiger charge is -2.03. The SMILES string of the molecule is C=C1/C(=C\C=C/C)c2ccccc2C1C. The molecule has 0 aliphatic heterocycles. The van der Waals surface area contributed by atoms with Crippen LogP contribution in [0.15, 0.2) is 54.6 Å². The highest BCUT2D eigenvalue weighted by Gasteiger charge is 2.25. The van der Waals surface area contributed by atoms with Crippen LogP contribution in [-0.2, 0) is 0 Å². The van der Waals surface area contributed by atoms with Crippen molar-refractivity contribution in [1.82, 2.24) is 0 Å². The summed E-state index contributed by atoms with van der Waals surface area (Å²) in [6.45, 7) is 8.43. The van der Waals surface area contributed by atoms with Crippen LogP contribution >= 0.6 is 0 Å². The molecule has 0 nitrogen and oxygen atoms in total. The summed E-state index contributed by atoms with van der Waals surface area (Å²) < 4.78 is 0. The molecule has 0 amide bonds. The van der Waals surface area contributed by atoms with Crippen molar-refractivity contribution in [2.24, 2.45) is 0 Å². The van der Waals surface area contributed by atoms with Crippen LogP contribution in [0.2, 0.25) is 0 Å². The third kappa shape index (κ3) is 1.56. The molecule has 0 radical (unpaired) electrons. The van der Waals surface area contributed by atoms with Crippen LogP contribution in [0, 0.1) is 0 Å². The maximum Gasteiger partial charge on any atom is 0.00674 e. The normalized spacial score (nSPS) is 22.7. The van der Waals surface area contributed by atoms with Gasteiger partial charge in [0.2, 0.25) is 0 Å². The van der Waals surface area contributed by atoms with Gasteiger partial charge in [0, 0.05) is 5.92 Å². The highest BCUT2D eigenvalue weighted by atomic mass is 14.3. The van der Waals surface area contributed by atoms with Crippen molar-refractivity contribution in [2.45, 2.75) is 19.8 Å². The van der Waals surface area contributed by atoms with Crippen LogP contribution in [0.1, 0.15) is 30.9 Å². The fourth-order valence-electron chi connectivity index (χ4n) is 2.10. The molecule has 0 fully saturated rings. The first-order valence-electron chi connectivity index (χ1n) is 5.37. The van der Waals surface area contributed by atoms with E-state index in [0.717, 1.165) is 0 Å². The topological polar surface area (TPSA) is 0 Å². The molecule has 0 saturated heterocycles. The zero-order chi connectivity index (χ0) is 10.8. The van der Waals surface area contributed by atoms with Gasteiger partial charge in [-0.05, 0) is 29.2 Å². The average molecular weight is 196 g/mol. The standard InChI is InChI=1S/C15H16/c1-4-5-8-13-11(2)12(3)14-9-6-7-10-15(13)14/h4-10,12H,2H2,1,3H3/b5-4-,13-8+. The highest BCUT2D eigenvalue weighted by molar-refractivity contribution is 5.87. The van der Waals surface area contributed by atoms with Gasteiger partial charge in [-0.2, -0.15) is 0 Å². The van der Waals surface area contributed by atoms with E-state index in [1.165, 1.54) is 22.3 Å². The van der Waals surface area contributed by atoms with Crippen molar-refractivity contribution in [2.75, 3.05) is 0 Å². The summed E-state index contributed by atoms with van der Waals surface area (Å²) in [7, 11) is 0. The van der Waals surface area contributed by atoms with Gasteiger partial charge < -0.3 is 0 Å². The first-order chi connectivity index (χ1) is 7.25. The van der Waals surface area contributed by atoms with Gasteiger partial charge in [-0.25, -0.2) is 0 Å². The molecule has 1 aromatic carbocycles. The van der Waals surface area contributed by atoms with Crippen LogP contribution in [0.3, 0.4) is 0 Å². The molecule has 0 spiro atoms. The molecule has 1 atom stereocenters. The number of hydrogen-bond donors (Lipinski definition) is 0. The zero-order valence-corrected chi connectivity index (χ0v) is 9.33. The highest BCUT2D eigenvalue weighted by Crippen LogP contribution is 2.44. The first-order valence-corrected chi connectivity index (χ1v) is 5.37. The molecule has 0 heterocycles. The molecule has 76 valence electrons. The summed E-state index contributed by atoms with van der Waals surface area (Å²) >= 11 is 0. The van der Waals surface area contributed by atoms with Crippen molar-refractivity contribution >= 4 is 5.57 Å². The Morgan fingerprint density at radius 2 is 2.00 bits per heavy atom. The van der Waals surface area contributed by atoms with Crippen LogP contribution in [0.25, 0.3) is 5.57 Å². The fourth-order valence-corrected chi connectivity index (χ4v) is 2.10. The minimum Gasteiger partial charge on any atom is -0.0946 e. The van der Waals surface area contributed by atoms with Crippen LogP contribution < -0.4 is 0 Å². The second-order valence-electron chi connectivity index (χ2n) is 3.94. The molecule has 1 unspecified atom stereocenters. The van der Waals surface area contributed by atoms with Crippen molar-refractivity contribution < 1.29 is 0 Å². The molecule has 0 heteroatoms. The lowest BCUT2D eigenvalue weighted by atomic mass is 10.0. The van der Waals surface area contributed by atoms with Crippen molar-refractivity contribution in [3.05, 3.63) is 65.8 Å². The summed E-state index contributed by atoms with van der Waals surface area (Å²) in [6, 6.07) is 8.57. The summed E-state index contributed by atoms with van der Waals surface area (Å²) in [5, 5.41) is 0. The third-order valence-electron chi connectivity index (χ3n) is 3.04. The molecule has 15 heavy (non-hydrogen) atoms. The Kier molecular flexibility index (Phi) is 2.59. The molecular formula is C15H16. The Balaban J connectivity index is 2.56. The quantitative estimate of drug-likeness (QED) is 0.627. The smallest absolute Gasteiger partial charge is 0.00674 e. The van der Waals surface area contributed by atoms with E-state index in [9.17, 15) is 0 Å². The van der Waals surface area contributed by atoms with E-state index in [-0.39, 0.29) is 0 Å². The number of fused-ring (bicyclic) bond motifs is 1. The van der Waals surface area contributed by atoms with Gasteiger partial charge in [0.1, 0.15) is 0 Å². The van der Waals surface area contributed by atoms with Gasteiger partial charge in [-0.15, -0.1) is 0 Å². The summed E-state index contributed by atoms with van der Waals surface area (Å²) in [6.07, 6.45) is 6.28. The Bertz CT molecular complexity index is 447. The van der Waals surface area contributed by atoms with Crippen LogP contribution in [0.4, 0.5) is 0 Å². The Morgan fingerprint density at radius 1 is 1.27 bits per heavy atom. The molecular weight excluding hydrogens is 180 g/mol. The first kappa shape index (κ1) is 9.97. The minimum atomic E-state index is 0.456. The van der Waals surface area contributed by atoms with E-state index in [0.29, 0.717) is 5.92 Å². The second kappa shape index (κ2) is 3.90. The van der Waals surface area contributed by atoms with E-state index in [2.05, 4.69) is 49.9 Å². The van der Waals surface area contributed by atoms with E-state index in [1.807, 2.05) is 13.0 Å². The van der Waals surface area contributed by atoms with Crippen LogP contribution in [-0.4, -0.2) is 0 Å². The lowest BCUT2D eigenvalue weighted by Crippen LogP contribution is -1.86. The van der Waals surface area contributed by atoms with Gasteiger partial charge in [-0.1, -0.05) is 56.0 Å². The predicted octanol–water partition coefficient (Wildman–Crippen LogP) is 4.32. The summed E-state index contributed by atoms with van der Waals surface area (Å²) in [4.78, 5) is 0. The second-order valence-corrected chi connectivity index (χ2v) is 3.94. The van der Waals surface area contributed by atoms with Crippen LogP contribution in [0.5, 0.6) is 0 Å². The van der Waals surface area contributed by atoms with E-state index >= 15 is 0 Å². The molecule has 0 aromatic heterocycles. The number of rotatable bonds is 1. The number of benzene rings is 1. The number of allylic oxidation sites excluding steroid dienone is 5. The molecule has 0 N–H and O–H groups in total. The van der Waals surface area contributed by atoms with Gasteiger partial charge in [0.15, 0.2) is 0 Å². The zero-order valence-electron chi connectivity index (χ0n) is 9.33.